The van der Waals surface area contributed by atoms with E-state index in [1.165, 1.54) is 23.1 Å². The highest BCUT2D eigenvalue weighted by Crippen LogP contribution is 2.34. The van der Waals surface area contributed by atoms with Crippen LogP contribution in [0.4, 0.5) is 5.69 Å². The van der Waals surface area contributed by atoms with Crippen molar-refractivity contribution in [1.29, 1.82) is 0 Å². The molecule has 124 valence electrons. The predicted octanol–water partition coefficient (Wildman–Crippen LogP) is 1.27. The Kier molecular flexibility index (Phi) is 4.88. The summed E-state index contributed by atoms with van der Waals surface area (Å²) >= 11 is 0. The Morgan fingerprint density at radius 3 is 2.70 bits per heavy atom. The number of nitrogens with zero attached hydrogens (tertiary/aromatic N) is 1. The number of ether oxygens (including phenoxy) is 1. The van der Waals surface area contributed by atoms with Crippen molar-refractivity contribution in [2.45, 2.75) is 26.9 Å². The summed E-state index contributed by atoms with van der Waals surface area (Å²) in [5.74, 6) is -1.10. The lowest BCUT2D eigenvalue weighted by Gasteiger charge is -2.32. The fourth-order valence-electron chi connectivity index (χ4n) is 2.22. The van der Waals surface area contributed by atoms with Gasteiger partial charge < -0.3 is 15.2 Å². The maximum Gasteiger partial charge on any atom is 0.335 e. The Morgan fingerprint density at radius 2 is 2.09 bits per heavy atom. The molecule has 2 amide bonds. The summed E-state index contributed by atoms with van der Waals surface area (Å²) in [5, 5.41) is 11.8. The van der Waals surface area contributed by atoms with Gasteiger partial charge in [-0.2, -0.15) is 0 Å². The fourth-order valence-corrected chi connectivity index (χ4v) is 2.22. The van der Waals surface area contributed by atoms with Gasteiger partial charge in [0.25, 0.3) is 5.91 Å². The quantitative estimate of drug-likeness (QED) is 0.852. The maximum atomic E-state index is 12.3. The molecular formula is C16H20N2O5. The van der Waals surface area contributed by atoms with E-state index in [1.807, 2.05) is 13.8 Å². The van der Waals surface area contributed by atoms with Crippen molar-refractivity contribution >= 4 is 23.5 Å². The topological polar surface area (TPSA) is 95.9 Å². The molecule has 2 rings (SSSR count). The van der Waals surface area contributed by atoms with Crippen LogP contribution in [0.5, 0.6) is 5.75 Å². The zero-order valence-electron chi connectivity index (χ0n) is 13.3. The second-order valence-corrected chi connectivity index (χ2v) is 5.87. The van der Waals surface area contributed by atoms with Gasteiger partial charge in [0, 0.05) is 6.54 Å². The van der Waals surface area contributed by atoms with Gasteiger partial charge >= 0.3 is 5.97 Å². The van der Waals surface area contributed by atoms with Crippen molar-refractivity contribution in [3.8, 4) is 5.75 Å². The Morgan fingerprint density at radius 1 is 1.39 bits per heavy atom. The molecule has 23 heavy (non-hydrogen) atoms. The molecule has 1 aromatic carbocycles. The molecule has 0 saturated heterocycles. The van der Waals surface area contributed by atoms with Crippen LogP contribution in [0.1, 0.15) is 31.1 Å². The molecule has 1 atom stereocenters. The molecule has 0 saturated carbocycles. The minimum absolute atomic E-state index is 0.0299. The van der Waals surface area contributed by atoms with Gasteiger partial charge in [0.05, 0.1) is 11.3 Å². The van der Waals surface area contributed by atoms with Crippen LogP contribution in [0.3, 0.4) is 0 Å². The summed E-state index contributed by atoms with van der Waals surface area (Å²) in [6, 6.07) is 4.25. The first-order valence-corrected chi connectivity index (χ1v) is 7.41. The van der Waals surface area contributed by atoms with Gasteiger partial charge in [-0.1, -0.05) is 13.8 Å². The molecule has 0 aromatic heterocycles. The number of anilines is 1. The molecule has 2 N–H and O–H groups in total. The third-order valence-electron chi connectivity index (χ3n) is 3.42. The Hall–Kier alpha value is -2.57. The van der Waals surface area contributed by atoms with Gasteiger partial charge in [0.15, 0.2) is 6.10 Å². The number of carboxylic acid groups (broad SMARTS) is 1. The highest BCUT2D eigenvalue weighted by atomic mass is 16.5. The highest BCUT2D eigenvalue weighted by Gasteiger charge is 2.33. The van der Waals surface area contributed by atoms with Crippen LogP contribution in [0.2, 0.25) is 0 Å². The van der Waals surface area contributed by atoms with Crippen molar-refractivity contribution in [2.24, 2.45) is 5.92 Å². The van der Waals surface area contributed by atoms with Crippen LogP contribution in [0, 0.1) is 5.92 Å². The number of carbonyl (C=O) groups excluding carboxylic acids is 2. The monoisotopic (exact) mass is 320 g/mol. The Bertz CT molecular complexity index is 641. The lowest BCUT2D eigenvalue weighted by molar-refractivity contribution is -0.128. The van der Waals surface area contributed by atoms with Crippen molar-refractivity contribution in [3.63, 3.8) is 0 Å². The van der Waals surface area contributed by atoms with Gasteiger partial charge in [0.2, 0.25) is 5.91 Å². The molecule has 0 spiro atoms. The molecule has 1 aromatic rings. The summed E-state index contributed by atoms with van der Waals surface area (Å²) in [5.41, 5.74) is 0.329. The largest absolute Gasteiger partial charge is 0.479 e. The van der Waals surface area contributed by atoms with E-state index in [0.29, 0.717) is 23.9 Å². The van der Waals surface area contributed by atoms with Crippen molar-refractivity contribution in [3.05, 3.63) is 23.8 Å². The zero-order chi connectivity index (χ0) is 17.1. The van der Waals surface area contributed by atoms with Gasteiger partial charge in [-0.05, 0) is 31.0 Å². The number of aromatic carboxylic acids is 1. The molecule has 0 bridgehead atoms. The number of benzene rings is 1. The summed E-state index contributed by atoms with van der Waals surface area (Å²) in [4.78, 5) is 36.7. The molecular weight excluding hydrogens is 300 g/mol. The molecule has 7 nitrogen and oxygen atoms in total. The van der Waals surface area contributed by atoms with Gasteiger partial charge in [-0.3, -0.25) is 14.5 Å². The number of carboxylic acids is 1. The van der Waals surface area contributed by atoms with Crippen LogP contribution in [-0.2, 0) is 9.59 Å². The number of rotatable bonds is 5. The first-order chi connectivity index (χ1) is 10.8. The number of amides is 2. The number of hydrogen-bond acceptors (Lipinski definition) is 4. The van der Waals surface area contributed by atoms with E-state index in [2.05, 4.69) is 5.32 Å². The zero-order valence-corrected chi connectivity index (χ0v) is 13.3. The van der Waals surface area contributed by atoms with Gasteiger partial charge in [0.1, 0.15) is 12.3 Å². The highest BCUT2D eigenvalue weighted by molar-refractivity contribution is 6.04. The van der Waals surface area contributed by atoms with Crippen molar-refractivity contribution < 1.29 is 24.2 Å². The molecule has 0 aliphatic carbocycles. The molecule has 1 aliphatic rings. The number of fused-ring (bicyclic) bond motifs is 1. The summed E-state index contributed by atoms with van der Waals surface area (Å²) in [6.07, 6.45) is -0.726. The smallest absolute Gasteiger partial charge is 0.335 e. The molecule has 7 heteroatoms. The molecule has 1 unspecified atom stereocenters. The summed E-state index contributed by atoms with van der Waals surface area (Å²) in [6.45, 7) is 5.87. The van der Waals surface area contributed by atoms with Crippen LogP contribution in [-0.4, -0.2) is 42.1 Å². The van der Waals surface area contributed by atoms with Crippen molar-refractivity contribution in [1.82, 2.24) is 5.32 Å². The Balaban J connectivity index is 2.27. The third-order valence-corrected chi connectivity index (χ3v) is 3.42. The first kappa shape index (κ1) is 16.8. The SMILES string of the molecule is CC(C)CNC(=O)CN1C(=O)C(C)Oc2ccc(C(=O)O)cc21. The van der Waals surface area contributed by atoms with Crippen LogP contribution >= 0.6 is 0 Å². The Labute approximate surface area is 134 Å². The molecule has 1 heterocycles. The van der Waals surface area contributed by atoms with Crippen LogP contribution in [0.25, 0.3) is 0 Å². The number of nitrogens with one attached hydrogen (secondary N) is 1. The van der Waals surface area contributed by atoms with E-state index in [9.17, 15) is 14.4 Å². The van der Waals surface area contributed by atoms with Gasteiger partial charge in [-0.25, -0.2) is 4.79 Å². The second-order valence-electron chi connectivity index (χ2n) is 5.87. The standard InChI is InChI=1S/C16H20N2O5/c1-9(2)7-17-14(19)8-18-12-6-11(16(21)22)4-5-13(12)23-10(3)15(18)20/h4-6,9-10H,7-8H2,1-3H3,(H,17,19)(H,21,22). The number of carbonyl (C=O) groups is 3. The van der Waals surface area contributed by atoms with E-state index >= 15 is 0 Å². The minimum atomic E-state index is -1.11. The predicted molar refractivity (Wildman–Crippen MR) is 83.7 cm³/mol. The first-order valence-electron chi connectivity index (χ1n) is 7.41. The average Bonchev–Trinajstić information content (AvgIpc) is 2.49. The summed E-state index contributed by atoms with van der Waals surface area (Å²) < 4.78 is 5.47. The van der Waals surface area contributed by atoms with Crippen LogP contribution < -0.4 is 15.0 Å². The van der Waals surface area contributed by atoms with E-state index in [4.69, 9.17) is 9.84 Å². The van der Waals surface area contributed by atoms with E-state index in [-0.39, 0.29) is 23.9 Å². The second kappa shape index (κ2) is 6.68. The van der Waals surface area contributed by atoms with Crippen molar-refractivity contribution in [2.75, 3.05) is 18.0 Å². The van der Waals surface area contributed by atoms with E-state index < -0.39 is 12.1 Å². The summed E-state index contributed by atoms with van der Waals surface area (Å²) in [7, 11) is 0. The lowest BCUT2D eigenvalue weighted by Crippen LogP contribution is -2.49. The molecule has 1 aliphatic heterocycles. The van der Waals surface area contributed by atoms with E-state index in [0.717, 1.165) is 0 Å². The van der Waals surface area contributed by atoms with E-state index in [1.54, 1.807) is 6.92 Å². The maximum absolute atomic E-state index is 12.3. The lowest BCUT2D eigenvalue weighted by atomic mass is 10.1. The normalized spacial score (nSPS) is 16.8. The number of hydrogen-bond donors (Lipinski definition) is 2. The van der Waals surface area contributed by atoms with Gasteiger partial charge in [-0.15, -0.1) is 0 Å². The van der Waals surface area contributed by atoms with Crippen LogP contribution in [0.15, 0.2) is 18.2 Å². The molecule has 0 fully saturated rings. The average molecular weight is 320 g/mol. The fraction of sp³-hybridized carbons (Fsp3) is 0.438. The third kappa shape index (κ3) is 3.80. The minimum Gasteiger partial charge on any atom is -0.479 e. The molecule has 0 radical (unpaired) electrons.